The molecular weight excluding hydrogens is 242 g/mol. The zero-order chi connectivity index (χ0) is 13.8. The molecule has 0 spiro atoms. The molecule has 1 fully saturated rings. The molecule has 2 rings (SSSR count). The summed E-state index contributed by atoms with van der Waals surface area (Å²) in [6, 6.07) is 7.50. The van der Waals surface area contributed by atoms with Crippen LogP contribution >= 0.6 is 0 Å². The Morgan fingerprint density at radius 3 is 2.95 bits per heavy atom. The summed E-state index contributed by atoms with van der Waals surface area (Å²) in [7, 11) is 1.62. The van der Waals surface area contributed by atoms with Crippen LogP contribution in [-0.2, 0) is 0 Å². The van der Waals surface area contributed by atoms with Gasteiger partial charge >= 0.3 is 0 Å². The van der Waals surface area contributed by atoms with Crippen LogP contribution in [0.2, 0.25) is 0 Å². The molecule has 0 aromatic heterocycles. The van der Waals surface area contributed by atoms with E-state index in [0.29, 0.717) is 19.0 Å². The number of aliphatic hydroxyl groups is 2. The predicted molar refractivity (Wildman–Crippen MR) is 74.2 cm³/mol. The molecular formula is C15H23NO3. The van der Waals surface area contributed by atoms with E-state index in [2.05, 4.69) is 11.8 Å². The van der Waals surface area contributed by atoms with Crippen LogP contribution in [0.3, 0.4) is 0 Å². The third-order valence-corrected chi connectivity index (χ3v) is 3.91. The Balaban J connectivity index is 1.95. The van der Waals surface area contributed by atoms with Gasteiger partial charge in [0.25, 0.3) is 0 Å². The van der Waals surface area contributed by atoms with Crippen molar-refractivity contribution in [3.63, 3.8) is 0 Å². The number of aliphatic hydroxyl groups excluding tert-OH is 2. The second kappa shape index (κ2) is 6.37. The number of β-amino-alcohol motifs (C(OH)–C–C–N with tert-alkyl or cyclic N) is 2. The Kier molecular flexibility index (Phi) is 4.80. The van der Waals surface area contributed by atoms with Crippen molar-refractivity contribution in [1.29, 1.82) is 0 Å². The molecule has 4 heteroatoms. The van der Waals surface area contributed by atoms with Gasteiger partial charge in [0.15, 0.2) is 0 Å². The van der Waals surface area contributed by atoms with E-state index in [9.17, 15) is 10.2 Å². The lowest BCUT2D eigenvalue weighted by molar-refractivity contribution is 0.00856. The van der Waals surface area contributed by atoms with Gasteiger partial charge in [-0.05, 0) is 36.6 Å². The molecule has 1 aromatic rings. The molecule has 0 radical (unpaired) electrons. The number of benzene rings is 1. The highest BCUT2D eigenvalue weighted by molar-refractivity contribution is 5.29. The zero-order valence-corrected chi connectivity index (χ0v) is 11.6. The maximum atomic E-state index is 10.3. The van der Waals surface area contributed by atoms with E-state index in [-0.39, 0.29) is 6.10 Å². The van der Waals surface area contributed by atoms with Crippen molar-refractivity contribution in [3.05, 3.63) is 29.8 Å². The van der Waals surface area contributed by atoms with Gasteiger partial charge in [-0.15, -0.1) is 0 Å². The first-order valence-electron chi connectivity index (χ1n) is 6.82. The lowest BCUT2D eigenvalue weighted by atomic mass is 9.95. The fourth-order valence-corrected chi connectivity index (χ4v) is 2.48. The standard InChI is InChI=1S/C15H23NO3/c1-11-6-7-16(9-14(11)17)10-15(18)12-4-3-5-13(8-12)19-2/h3-5,8,11,14-15,17-18H,6-7,9-10H2,1-2H3. The van der Waals surface area contributed by atoms with E-state index in [4.69, 9.17) is 4.74 Å². The largest absolute Gasteiger partial charge is 0.497 e. The molecule has 1 heterocycles. The first kappa shape index (κ1) is 14.3. The smallest absolute Gasteiger partial charge is 0.119 e. The molecule has 106 valence electrons. The van der Waals surface area contributed by atoms with Crippen LogP contribution in [0.5, 0.6) is 5.75 Å². The highest BCUT2D eigenvalue weighted by atomic mass is 16.5. The van der Waals surface area contributed by atoms with E-state index in [1.165, 1.54) is 0 Å². The number of ether oxygens (including phenoxy) is 1. The summed E-state index contributed by atoms with van der Waals surface area (Å²) in [5.41, 5.74) is 0.854. The van der Waals surface area contributed by atoms with Crippen molar-refractivity contribution in [3.8, 4) is 5.75 Å². The maximum absolute atomic E-state index is 10.3. The Morgan fingerprint density at radius 2 is 2.26 bits per heavy atom. The molecule has 19 heavy (non-hydrogen) atoms. The number of likely N-dealkylation sites (tertiary alicyclic amines) is 1. The molecule has 2 N–H and O–H groups in total. The van der Waals surface area contributed by atoms with Gasteiger partial charge in [0.2, 0.25) is 0 Å². The van der Waals surface area contributed by atoms with Crippen molar-refractivity contribution < 1.29 is 14.9 Å². The molecule has 1 aliphatic rings. The third kappa shape index (κ3) is 3.69. The van der Waals surface area contributed by atoms with Gasteiger partial charge in [-0.25, -0.2) is 0 Å². The highest BCUT2D eigenvalue weighted by Gasteiger charge is 2.25. The monoisotopic (exact) mass is 265 g/mol. The number of methoxy groups -OCH3 is 1. The summed E-state index contributed by atoms with van der Waals surface area (Å²) in [5.74, 6) is 1.11. The number of nitrogens with zero attached hydrogens (tertiary/aromatic N) is 1. The van der Waals surface area contributed by atoms with Crippen molar-refractivity contribution in [1.82, 2.24) is 4.90 Å². The van der Waals surface area contributed by atoms with E-state index in [1.807, 2.05) is 24.3 Å². The van der Waals surface area contributed by atoms with E-state index >= 15 is 0 Å². The molecule has 1 aromatic carbocycles. The summed E-state index contributed by atoms with van der Waals surface area (Å²) >= 11 is 0. The summed E-state index contributed by atoms with van der Waals surface area (Å²) in [6.07, 6.45) is 0.147. The minimum Gasteiger partial charge on any atom is -0.497 e. The van der Waals surface area contributed by atoms with Crippen LogP contribution in [0.4, 0.5) is 0 Å². The van der Waals surface area contributed by atoms with Crippen molar-refractivity contribution in [2.75, 3.05) is 26.7 Å². The average molecular weight is 265 g/mol. The first-order valence-corrected chi connectivity index (χ1v) is 6.82. The fraction of sp³-hybridized carbons (Fsp3) is 0.600. The SMILES string of the molecule is COc1cccc(C(O)CN2CCC(C)C(O)C2)c1. The van der Waals surface area contributed by atoms with Crippen LogP contribution in [0.15, 0.2) is 24.3 Å². The number of piperidine rings is 1. The van der Waals surface area contributed by atoms with Gasteiger partial charge in [-0.2, -0.15) is 0 Å². The topological polar surface area (TPSA) is 52.9 Å². The average Bonchev–Trinajstić information content (AvgIpc) is 2.43. The van der Waals surface area contributed by atoms with Crippen molar-refractivity contribution in [2.45, 2.75) is 25.6 Å². The normalized spacial score (nSPS) is 26.1. The minimum absolute atomic E-state index is 0.286. The summed E-state index contributed by atoms with van der Waals surface area (Å²) in [5, 5.41) is 20.1. The first-order chi connectivity index (χ1) is 9.10. The molecule has 0 aliphatic carbocycles. The van der Waals surface area contributed by atoms with Crippen LogP contribution < -0.4 is 4.74 Å². The van der Waals surface area contributed by atoms with Crippen LogP contribution in [-0.4, -0.2) is 48.0 Å². The zero-order valence-electron chi connectivity index (χ0n) is 11.6. The Labute approximate surface area is 114 Å². The minimum atomic E-state index is -0.546. The lowest BCUT2D eigenvalue weighted by Gasteiger charge is -2.35. The quantitative estimate of drug-likeness (QED) is 0.865. The number of hydrogen-bond donors (Lipinski definition) is 2. The van der Waals surface area contributed by atoms with Gasteiger partial charge in [0, 0.05) is 13.1 Å². The fourth-order valence-electron chi connectivity index (χ4n) is 2.48. The second-order valence-electron chi connectivity index (χ2n) is 5.39. The summed E-state index contributed by atoms with van der Waals surface area (Å²) < 4.78 is 5.16. The van der Waals surface area contributed by atoms with Gasteiger partial charge < -0.3 is 14.9 Å². The Bertz CT molecular complexity index is 410. The van der Waals surface area contributed by atoms with Gasteiger partial charge in [0.05, 0.1) is 19.3 Å². The van der Waals surface area contributed by atoms with Crippen LogP contribution in [0.25, 0.3) is 0 Å². The van der Waals surface area contributed by atoms with Crippen molar-refractivity contribution >= 4 is 0 Å². The molecule has 0 bridgehead atoms. The third-order valence-electron chi connectivity index (χ3n) is 3.91. The van der Waals surface area contributed by atoms with Gasteiger partial charge in [-0.3, -0.25) is 4.90 Å². The van der Waals surface area contributed by atoms with Crippen molar-refractivity contribution in [2.24, 2.45) is 5.92 Å². The number of rotatable bonds is 4. The Morgan fingerprint density at radius 1 is 1.47 bits per heavy atom. The van der Waals surface area contributed by atoms with E-state index < -0.39 is 6.10 Å². The molecule has 4 nitrogen and oxygen atoms in total. The van der Waals surface area contributed by atoms with Crippen LogP contribution in [0.1, 0.15) is 25.0 Å². The van der Waals surface area contributed by atoms with Crippen LogP contribution in [0, 0.1) is 5.92 Å². The maximum Gasteiger partial charge on any atom is 0.119 e. The molecule has 0 amide bonds. The van der Waals surface area contributed by atoms with Gasteiger partial charge in [-0.1, -0.05) is 19.1 Å². The predicted octanol–water partition coefficient (Wildman–Crippen LogP) is 1.43. The molecule has 0 saturated carbocycles. The molecule has 3 unspecified atom stereocenters. The molecule has 1 aliphatic heterocycles. The van der Waals surface area contributed by atoms with Gasteiger partial charge in [0.1, 0.15) is 5.75 Å². The Hall–Kier alpha value is -1.10. The number of hydrogen-bond acceptors (Lipinski definition) is 4. The second-order valence-corrected chi connectivity index (χ2v) is 5.39. The summed E-state index contributed by atoms with van der Waals surface area (Å²) in [4.78, 5) is 2.12. The summed E-state index contributed by atoms with van der Waals surface area (Å²) in [6.45, 7) is 4.19. The lowest BCUT2D eigenvalue weighted by Crippen LogP contribution is -2.44. The molecule has 3 atom stereocenters. The van der Waals surface area contributed by atoms with E-state index in [0.717, 1.165) is 24.3 Å². The molecule has 1 saturated heterocycles. The van der Waals surface area contributed by atoms with E-state index in [1.54, 1.807) is 7.11 Å². The highest BCUT2D eigenvalue weighted by Crippen LogP contribution is 2.23.